The highest BCUT2D eigenvalue weighted by molar-refractivity contribution is 7.94. The third kappa shape index (κ3) is 7.61. The van der Waals surface area contributed by atoms with Crippen LogP contribution in [0.2, 0.25) is 0 Å². The van der Waals surface area contributed by atoms with Crippen molar-refractivity contribution in [1.82, 2.24) is 0 Å². The Morgan fingerprint density at radius 1 is 1.00 bits per heavy atom. The molecule has 0 saturated carbocycles. The molecule has 126 valence electrons. The molecule has 0 aromatic carbocycles. The zero-order valence-electron chi connectivity index (χ0n) is 12.9. The van der Waals surface area contributed by atoms with Gasteiger partial charge in [0.25, 0.3) is 10.1 Å². The maximum atomic E-state index is 11.8. The third-order valence-electron chi connectivity index (χ3n) is 3.84. The first-order chi connectivity index (χ1) is 9.87. The van der Waals surface area contributed by atoms with Gasteiger partial charge in [-0.3, -0.25) is 4.18 Å². The Bertz CT molecular complexity index is 481. The maximum Gasteiger partial charge on any atom is 0.271 e. The first-order valence-corrected chi connectivity index (χ1v) is 11.3. The fourth-order valence-corrected chi connectivity index (χ4v) is 6.43. The first kappa shape index (κ1) is 18.9. The summed E-state index contributed by atoms with van der Waals surface area (Å²) in [6, 6.07) is 0. The van der Waals surface area contributed by atoms with Crippen LogP contribution < -0.4 is 0 Å². The highest BCUT2D eigenvalue weighted by Crippen LogP contribution is 2.20. The molecule has 1 aliphatic rings. The van der Waals surface area contributed by atoms with E-state index in [0.717, 1.165) is 12.8 Å². The normalized spacial score (nSPS) is 21.7. The first-order valence-electron chi connectivity index (χ1n) is 7.96. The van der Waals surface area contributed by atoms with E-state index < -0.39 is 25.2 Å². The Morgan fingerprint density at radius 2 is 1.57 bits per heavy atom. The van der Waals surface area contributed by atoms with Gasteiger partial charge < -0.3 is 0 Å². The molecule has 1 rings (SSSR count). The fourth-order valence-electron chi connectivity index (χ4n) is 2.50. The molecule has 1 fully saturated rings. The molecule has 0 radical (unpaired) electrons. The summed E-state index contributed by atoms with van der Waals surface area (Å²) in [5, 5.41) is -0.864. The third-order valence-corrected chi connectivity index (χ3v) is 7.54. The average molecular weight is 341 g/mol. The largest absolute Gasteiger partial charge is 0.271 e. The molecule has 1 atom stereocenters. The summed E-state index contributed by atoms with van der Waals surface area (Å²) in [6.07, 6.45) is 9.18. The van der Waals surface area contributed by atoms with Crippen LogP contribution in [0.1, 0.15) is 64.7 Å². The summed E-state index contributed by atoms with van der Waals surface area (Å²) in [4.78, 5) is 0. The molecule has 21 heavy (non-hydrogen) atoms. The maximum absolute atomic E-state index is 11.8. The van der Waals surface area contributed by atoms with Crippen LogP contribution in [-0.4, -0.2) is 40.2 Å². The lowest BCUT2D eigenvalue weighted by atomic mass is 10.1. The molecule has 5 nitrogen and oxygen atoms in total. The molecular weight excluding hydrogens is 312 g/mol. The van der Waals surface area contributed by atoms with Crippen molar-refractivity contribution in [1.29, 1.82) is 0 Å². The van der Waals surface area contributed by atoms with Crippen molar-refractivity contribution in [3.8, 4) is 0 Å². The molecule has 0 unspecified atom stereocenters. The molecule has 0 spiro atoms. The zero-order chi connectivity index (χ0) is 15.8. The van der Waals surface area contributed by atoms with Crippen molar-refractivity contribution >= 4 is 20.0 Å². The summed E-state index contributed by atoms with van der Waals surface area (Å²) in [7, 11) is -6.90. The lowest BCUT2D eigenvalue weighted by Crippen LogP contribution is -2.25. The smallest absolute Gasteiger partial charge is 0.270 e. The molecule has 0 aliphatic carbocycles. The van der Waals surface area contributed by atoms with E-state index in [0.29, 0.717) is 6.42 Å². The molecule has 0 aromatic rings. The van der Waals surface area contributed by atoms with E-state index in [1.165, 1.54) is 32.1 Å². The number of hydrogen-bond donors (Lipinski definition) is 0. The van der Waals surface area contributed by atoms with Crippen molar-refractivity contribution in [3.05, 3.63) is 0 Å². The van der Waals surface area contributed by atoms with Gasteiger partial charge in [0.1, 0.15) is 5.25 Å². The van der Waals surface area contributed by atoms with Crippen molar-refractivity contribution in [3.63, 3.8) is 0 Å². The van der Waals surface area contributed by atoms with E-state index in [4.69, 9.17) is 4.18 Å². The molecule has 1 saturated heterocycles. The van der Waals surface area contributed by atoms with Gasteiger partial charge in [-0.05, 0) is 12.8 Å². The van der Waals surface area contributed by atoms with E-state index in [9.17, 15) is 16.8 Å². The van der Waals surface area contributed by atoms with Gasteiger partial charge in [0.2, 0.25) is 0 Å². The molecule has 0 amide bonds. The second-order valence-corrected chi connectivity index (χ2v) is 9.93. The molecule has 0 aromatic heterocycles. The van der Waals surface area contributed by atoms with Crippen LogP contribution in [0, 0.1) is 0 Å². The van der Waals surface area contributed by atoms with E-state index in [-0.39, 0.29) is 24.5 Å². The number of unbranched alkanes of at least 4 members (excludes halogenated alkanes) is 7. The van der Waals surface area contributed by atoms with Crippen molar-refractivity contribution in [2.45, 2.75) is 70.0 Å². The fraction of sp³-hybridized carbons (Fsp3) is 1.00. The van der Waals surface area contributed by atoms with Gasteiger partial charge in [-0.25, -0.2) is 8.42 Å². The Hall–Kier alpha value is -0.140. The predicted octanol–water partition coefficient (Wildman–Crippen LogP) is 2.66. The van der Waals surface area contributed by atoms with Gasteiger partial charge in [-0.2, -0.15) is 8.42 Å². The second kappa shape index (κ2) is 9.10. The quantitative estimate of drug-likeness (QED) is 0.427. The van der Waals surface area contributed by atoms with Gasteiger partial charge in [0, 0.05) is 0 Å². The van der Waals surface area contributed by atoms with Crippen LogP contribution in [0.3, 0.4) is 0 Å². The Balaban J connectivity index is 2.09. The summed E-state index contributed by atoms with van der Waals surface area (Å²) in [6.45, 7) is 2.36. The Labute approximate surface area is 129 Å². The summed E-state index contributed by atoms with van der Waals surface area (Å²) < 4.78 is 51.2. The number of hydrogen-bond acceptors (Lipinski definition) is 5. The van der Waals surface area contributed by atoms with Gasteiger partial charge in [0.05, 0.1) is 18.1 Å². The van der Waals surface area contributed by atoms with Gasteiger partial charge in [-0.15, -0.1) is 0 Å². The van der Waals surface area contributed by atoms with Gasteiger partial charge >= 0.3 is 0 Å². The standard InChI is InChI=1S/C14H28O5S2/c1-2-3-4-5-6-7-8-9-11-19-21(17,18)14-10-12-20(15,16)13-14/h14H,2-13H2,1H3/t14-/m0/s1. The van der Waals surface area contributed by atoms with E-state index in [1.54, 1.807) is 0 Å². The topological polar surface area (TPSA) is 77.5 Å². The molecule has 7 heteroatoms. The molecule has 0 N–H and O–H groups in total. The van der Waals surface area contributed by atoms with Crippen LogP contribution in [0.25, 0.3) is 0 Å². The predicted molar refractivity (Wildman–Crippen MR) is 84.5 cm³/mol. The Morgan fingerprint density at radius 3 is 2.10 bits per heavy atom. The minimum atomic E-state index is -3.71. The summed E-state index contributed by atoms with van der Waals surface area (Å²) in [5.41, 5.74) is 0. The zero-order valence-corrected chi connectivity index (χ0v) is 14.6. The van der Waals surface area contributed by atoms with Crippen LogP contribution in [-0.2, 0) is 24.1 Å². The van der Waals surface area contributed by atoms with Gasteiger partial charge in [0.15, 0.2) is 9.84 Å². The van der Waals surface area contributed by atoms with Gasteiger partial charge in [-0.1, -0.05) is 51.9 Å². The molecule has 1 aliphatic heterocycles. The lowest BCUT2D eigenvalue weighted by molar-refractivity contribution is 0.301. The molecule has 1 heterocycles. The highest BCUT2D eigenvalue weighted by atomic mass is 32.2. The molecular formula is C14H28O5S2. The van der Waals surface area contributed by atoms with Crippen molar-refractivity contribution in [2.24, 2.45) is 0 Å². The second-order valence-electron chi connectivity index (χ2n) is 5.81. The monoisotopic (exact) mass is 340 g/mol. The van der Waals surface area contributed by atoms with Crippen LogP contribution in [0.4, 0.5) is 0 Å². The van der Waals surface area contributed by atoms with Crippen molar-refractivity contribution in [2.75, 3.05) is 18.1 Å². The summed E-state index contributed by atoms with van der Waals surface area (Å²) in [5.74, 6) is -0.329. The van der Waals surface area contributed by atoms with Crippen LogP contribution >= 0.6 is 0 Å². The van der Waals surface area contributed by atoms with E-state index in [1.807, 2.05) is 0 Å². The van der Waals surface area contributed by atoms with E-state index >= 15 is 0 Å². The highest BCUT2D eigenvalue weighted by Gasteiger charge is 2.37. The Kier molecular flexibility index (Phi) is 8.19. The number of sulfone groups is 1. The van der Waals surface area contributed by atoms with Crippen LogP contribution in [0.15, 0.2) is 0 Å². The lowest BCUT2D eigenvalue weighted by Gasteiger charge is -2.10. The van der Waals surface area contributed by atoms with Crippen molar-refractivity contribution < 1.29 is 21.0 Å². The summed E-state index contributed by atoms with van der Waals surface area (Å²) >= 11 is 0. The van der Waals surface area contributed by atoms with Crippen LogP contribution in [0.5, 0.6) is 0 Å². The average Bonchev–Trinajstić information content (AvgIpc) is 2.78. The minimum Gasteiger partial charge on any atom is -0.270 e. The number of rotatable bonds is 11. The minimum absolute atomic E-state index is 0.0436. The van der Waals surface area contributed by atoms with E-state index in [2.05, 4.69) is 6.92 Å². The molecule has 0 bridgehead atoms. The SMILES string of the molecule is CCCCCCCCCCOS(=O)(=O)[C@H]1CCS(=O)(=O)C1.